The summed E-state index contributed by atoms with van der Waals surface area (Å²) < 4.78 is 0. The van der Waals surface area contributed by atoms with E-state index in [1.807, 2.05) is 11.1 Å². The van der Waals surface area contributed by atoms with Crippen molar-refractivity contribution >= 4 is 0 Å². The minimum atomic E-state index is -0.0230. The van der Waals surface area contributed by atoms with Gasteiger partial charge in [-0.05, 0) is 32.3 Å². The number of benzene rings is 1. The molecule has 16 heavy (non-hydrogen) atoms. The molecule has 90 valence electrons. The van der Waals surface area contributed by atoms with Crippen LogP contribution in [0.2, 0.25) is 0 Å². The summed E-state index contributed by atoms with van der Waals surface area (Å²) in [6, 6.07) is 10.7. The fraction of sp³-hybridized carbons (Fsp3) is 0.571. The highest BCUT2D eigenvalue weighted by Crippen LogP contribution is 2.30. The quantitative estimate of drug-likeness (QED) is 0.625. The first-order valence-electron chi connectivity index (χ1n) is 5.93. The minimum absolute atomic E-state index is 0.0230. The molecule has 2 heteroatoms. The molecule has 0 fully saturated rings. The Morgan fingerprint density at radius 1 is 1.06 bits per heavy atom. The van der Waals surface area contributed by atoms with Crippen LogP contribution >= 0.6 is 0 Å². The summed E-state index contributed by atoms with van der Waals surface area (Å²) in [5.74, 6) is 6.75. The van der Waals surface area contributed by atoms with Gasteiger partial charge in [0.1, 0.15) is 0 Å². The molecule has 0 spiro atoms. The van der Waals surface area contributed by atoms with Crippen LogP contribution in [0, 0.1) is 5.92 Å². The molecule has 2 nitrogen and oxygen atoms in total. The molecular weight excluding hydrogens is 196 g/mol. The van der Waals surface area contributed by atoms with Crippen molar-refractivity contribution in [2.45, 2.75) is 46.2 Å². The molecule has 0 aliphatic rings. The number of hydrogen-bond donors (Lipinski definition) is 1. The van der Waals surface area contributed by atoms with E-state index >= 15 is 0 Å². The molecule has 0 aromatic heterocycles. The molecule has 1 atom stereocenters. The van der Waals surface area contributed by atoms with Crippen molar-refractivity contribution in [1.29, 1.82) is 0 Å². The van der Waals surface area contributed by atoms with Gasteiger partial charge in [0.25, 0.3) is 0 Å². The van der Waals surface area contributed by atoms with Gasteiger partial charge in [-0.1, -0.05) is 44.2 Å². The molecule has 0 radical (unpaired) electrons. The highest BCUT2D eigenvalue weighted by molar-refractivity contribution is 5.19. The van der Waals surface area contributed by atoms with Crippen molar-refractivity contribution in [3.05, 3.63) is 35.9 Å². The van der Waals surface area contributed by atoms with E-state index in [2.05, 4.69) is 58.9 Å². The Kier molecular flexibility index (Phi) is 4.11. The Morgan fingerprint density at radius 3 is 1.94 bits per heavy atom. The predicted molar refractivity (Wildman–Crippen MR) is 69.8 cm³/mol. The largest absolute Gasteiger partial charge is 0.268 e. The van der Waals surface area contributed by atoms with Crippen molar-refractivity contribution in [2.24, 2.45) is 11.8 Å². The summed E-state index contributed by atoms with van der Waals surface area (Å²) in [4.78, 5) is 0. The molecule has 1 unspecified atom stereocenters. The van der Waals surface area contributed by atoms with Gasteiger partial charge < -0.3 is 0 Å². The standard InChI is InChI=1S/C14H24N2/c1-11(2)13(16(15)14(3,4)5)12-9-7-6-8-10-12/h6-11,13H,15H2,1-5H3. The Hall–Kier alpha value is -0.860. The van der Waals surface area contributed by atoms with Gasteiger partial charge in [0.2, 0.25) is 0 Å². The zero-order valence-corrected chi connectivity index (χ0v) is 11.1. The maximum atomic E-state index is 6.26. The summed E-state index contributed by atoms with van der Waals surface area (Å²) in [5.41, 5.74) is 1.26. The molecule has 0 saturated heterocycles. The Labute approximate surface area is 99.4 Å². The number of hydrogen-bond acceptors (Lipinski definition) is 2. The molecule has 0 amide bonds. The second-order valence-electron chi connectivity index (χ2n) is 5.68. The third-order valence-electron chi connectivity index (χ3n) is 2.85. The third kappa shape index (κ3) is 3.06. The lowest BCUT2D eigenvalue weighted by atomic mass is 9.92. The van der Waals surface area contributed by atoms with Crippen LogP contribution in [0.25, 0.3) is 0 Å². The normalized spacial score (nSPS) is 14.5. The summed E-state index contributed by atoms with van der Waals surface area (Å²) >= 11 is 0. The SMILES string of the molecule is CC(C)C(c1ccccc1)N(N)C(C)(C)C. The summed E-state index contributed by atoms with van der Waals surface area (Å²) in [7, 11) is 0. The van der Waals surface area contributed by atoms with E-state index in [-0.39, 0.29) is 11.6 Å². The molecule has 1 aromatic carbocycles. The van der Waals surface area contributed by atoms with Gasteiger partial charge in [-0.3, -0.25) is 5.84 Å². The minimum Gasteiger partial charge on any atom is -0.268 e. The number of rotatable bonds is 3. The van der Waals surface area contributed by atoms with Gasteiger partial charge in [-0.15, -0.1) is 0 Å². The zero-order chi connectivity index (χ0) is 12.3. The van der Waals surface area contributed by atoms with Crippen LogP contribution in [0.4, 0.5) is 0 Å². The average molecular weight is 220 g/mol. The Bertz CT molecular complexity index is 311. The van der Waals surface area contributed by atoms with Crippen molar-refractivity contribution in [1.82, 2.24) is 5.01 Å². The number of nitrogens with zero attached hydrogens (tertiary/aromatic N) is 1. The van der Waals surface area contributed by atoms with Crippen LogP contribution in [-0.4, -0.2) is 10.5 Å². The fourth-order valence-electron chi connectivity index (χ4n) is 1.93. The molecule has 1 aromatic rings. The Balaban J connectivity index is 3.02. The molecule has 0 aliphatic carbocycles. The van der Waals surface area contributed by atoms with Gasteiger partial charge >= 0.3 is 0 Å². The van der Waals surface area contributed by atoms with E-state index in [1.165, 1.54) is 5.56 Å². The summed E-state index contributed by atoms with van der Waals surface area (Å²) in [5, 5.41) is 1.97. The maximum absolute atomic E-state index is 6.26. The lowest BCUT2D eigenvalue weighted by Gasteiger charge is -2.40. The average Bonchev–Trinajstić information content (AvgIpc) is 2.17. The predicted octanol–water partition coefficient (Wildman–Crippen LogP) is 3.36. The first kappa shape index (κ1) is 13.2. The molecule has 0 aliphatic heterocycles. The summed E-state index contributed by atoms with van der Waals surface area (Å²) in [6.45, 7) is 10.9. The highest BCUT2D eigenvalue weighted by Gasteiger charge is 2.29. The zero-order valence-electron chi connectivity index (χ0n) is 11.1. The topological polar surface area (TPSA) is 29.3 Å². The van der Waals surface area contributed by atoms with Crippen LogP contribution in [0.5, 0.6) is 0 Å². The van der Waals surface area contributed by atoms with E-state index in [4.69, 9.17) is 5.84 Å². The second kappa shape index (κ2) is 4.98. The number of hydrazine groups is 1. The lowest BCUT2D eigenvalue weighted by molar-refractivity contribution is 0.0557. The first-order chi connectivity index (χ1) is 7.34. The van der Waals surface area contributed by atoms with Gasteiger partial charge in [0.15, 0.2) is 0 Å². The van der Waals surface area contributed by atoms with Gasteiger partial charge in [-0.25, -0.2) is 5.01 Å². The number of nitrogens with two attached hydrogens (primary N) is 1. The van der Waals surface area contributed by atoms with Crippen LogP contribution in [0.15, 0.2) is 30.3 Å². The van der Waals surface area contributed by atoms with Crippen LogP contribution in [0.1, 0.15) is 46.2 Å². The van der Waals surface area contributed by atoms with Gasteiger partial charge in [0.05, 0.1) is 6.04 Å². The van der Waals surface area contributed by atoms with E-state index in [1.54, 1.807) is 0 Å². The molecule has 0 bridgehead atoms. The molecule has 0 saturated carbocycles. The molecule has 0 heterocycles. The van der Waals surface area contributed by atoms with E-state index < -0.39 is 0 Å². The van der Waals surface area contributed by atoms with E-state index in [9.17, 15) is 0 Å². The third-order valence-corrected chi connectivity index (χ3v) is 2.85. The van der Waals surface area contributed by atoms with Crippen molar-refractivity contribution in [3.63, 3.8) is 0 Å². The van der Waals surface area contributed by atoms with Gasteiger partial charge in [-0.2, -0.15) is 0 Å². The lowest BCUT2D eigenvalue weighted by Crippen LogP contribution is -2.50. The molecule has 2 N–H and O–H groups in total. The molecular formula is C14H24N2. The maximum Gasteiger partial charge on any atom is 0.0519 e. The monoisotopic (exact) mass is 220 g/mol. The summed E-state index contributed by atoms with van der Waals surface area (Å²) in [6.07, 6.45) is 0. The molecule has 1 rings (SSSR count). The van der Waals surface area contributed by atoms with E-state index in [0.29, 0.717) is 5.92 Å². The van der Waals surface area contributed by atoms with Gasteiger partial charge in [0, 0.05) is 5.54 Å². The van der Waals surface area contributed by atoms with Crippen molar-refractivity contribution < 1.29 is 0 Å². The van der Waals surface area contributed by atoms with Crippen LogP contribution in [0.3, 0.4) is 0 Å². The first-order valence-corrected chi connectivity index (χ1v) is 5.93. The Morgan fingerprint density at radius 2 is 1.56 bits per heavy atom. The van der Waals surface area contributed by atoms with Crippen molar-refractivity contribution in [3.8, 4) is 0 Å². The smallest absolute Gasteiger partial charge is 0.0519 e. The van der Waals surface area contributed by atoms with Crippen molar-refractivity contribution in [2.75, 3.05) is 0 Å². The van der Waals surface area contributed by atoms with Crippen LogP contribution < -0.4 is 5.84 Å². The van der Waals surface area contributed by atoms with Crippen LogP contribution in [-0.2, 0) is 0 Å². The second-order valence-corrected chi connectivity index (χ2v) is 5.68. The fourth-order valence-corrected chi connectivity index (χ4v) is 1.93. The highest BCUT2D eigenvalue weighted by atomic mass is 15.5. The van der Waals surface area contributed by atoms with E-state index in [0.717, 1.165) is 0 Å².